The molecule has 140 valence electrons. The Balaban J connectivity index is 1.34. The van der Waals surface area contributed by atoms with Gasteiger partial charge in [-0.15, -0.1) is 0 Å². The van der Waals surface area contributed by atoms with Gasteiger partial charge in [-0.1, -0.05) is 35.0 Å². The van der Waals surface area contributed by atoms with Gasteiger partial charge in [0.05, 0.1) is 6.54 Å². The minimum absolute atomic E-state index is 0.0848. The molecule has 1 amide bonds. The smallest absolute Gasteiger partial charge is 0.270 e. The predicted octanol–water partition coefficient (Wildman–Crippen LogP) is 2.34. The predicted molar refractivity (Wildman–Crippen MR) is 101 cm³/mol. The average molecular weight is 365 g/mol. The maximum absolute atomic E-state index is 12.6. The van der Waals surface area contributed by atoms with Crippen molar-refractivity contribution in [2.45, 2.75) is 13.5 Å². The van der Waals surface area contributed by atoms with Crippen molar-refractivity contribution in [3.05, 3.63) is 59.7 Å². The highest BCUT2D eigenvalue weighted by molar-refractivity contribution is 5.92. The Morgan fingerprint density at radius 2 is 1.85 bits per heavy atom. The Hall–Kier alpha value is -2.93. The fourth-order valence-corrected chi connectivity index (χ4v) is 3.28. The van der Waals surface area contributed by atoms with Gasteiger partial charge in [-0.25, -0.2) is 0 Å². The molecule has 0 saturated carbocycles. The minimum Gasteiger partial charge on any atom is -0.347 e. The lowest BCUT2D eigenvalue weighted by Gasteiger charge is -2.33. The van der Waals surface area contributed by atoms with Gasteiger partial charge in [0.2, 0.25) is 11.7 Å². The summed E-state index contributed by atoms with van der Waals surface area (Å²) in [5.41, 5.74) is 2.88. The van der Waals surface area contributed by atoms with Crippen LogP contribution in [0, 0.1) is 6.92 Å². The van der Waals surface area contributed by atoms with Gasteiger partial charge in [0.15, 0.2) is 0 Å². The van der Waals surface area contributed by atoms with Crippen LogP contribution in [-0.4, -0.2) is 56.6 Å². The Labute approximate surface area is 158 Å². The van der Waals surface area contributed by atoms with Gasteiger partial charge in [-0.05, 0) is 19.1 Å². The highest BCUT2D eigenvalue weighted by atomic mass is 16.5. The molecule has 27 heavy (non-hydrogen) atoms. The number of hydrogen-bond donors (Lipinski definition) is 0. The topological polar surface area (TPSA) is 67.4 Å². The van der Waals surface area contributed by atoms with Crippen molar-refractivity contribution in [2.24, 2.45) is 7.05 Å². The minimum atomic E-state index is 0.0848. The van der Waals surface area contributed by atoms with E-state index in [0.717, 1.165) is 24.3 Å². The van der Waals surface area contributed by atoms with Gasteiger partial charge in [0.25, 0.3) is 5.91 Å². The van der Waals surface area contributed by atoms with E-state index in [0.29, 0.717) is 31.3 Å². The van der Waals surface area contributed by atoms with E-state index in [9.17, 15) is 4.79 Å². The molecule has 7 heteroatoms. The largest absolute Gasteiger partial charge is 0.347 e. The lowest BCUT2D eigenvalue weighted by Crippen LogP contribution is -2.48. The summed E-state index contributed by atoms with van der Waals surface area (Å²) in [4.78, 5) is 21.2. The fourth-order valence-electron chi connectivity index (χ4n) is 3.28. The highest BCUT2D eigenvalue weighted by Crippen LogP contribution is 2.17. The zero-order chi connectivity index (χ0) is 18.8. The van der Waals surface area contributed by atoms with Crippen molar-refractivity contribution in [1.29, 1.82) is 0 Å². The number of piperazine rings is 1. The van der Waals surface area contributed by atoms with Crippen LogP contribution < -0.4 is 0 Å². The molecule has 4 rings (SSSR count). The molecular formula is C20H23N5O2. The molecule has 1 aromatic carbocycles. The molecule has 1 aliphatic rings. The van der Waals surface area contributed by atoms with Gasteiger partial charge in [0.1, 0.15) is 5.69 Å². The van der Waals surface area contributed by atoms with Crippen LogP contribution in [0.25, 0.3) is 11.4 Å². The molecule has 0 radical (unpaired) electrons. The summed E-state index contributed by atoms with van der Waals surface area (Å²) < 4.78 is 7.28. The Morgan fingerprint density at radius 1 is 1.11 bits per heavy atom. The molecule has 0 N–H and O–H groups in total. The molecule has 7 nitrogen and oxygen atoms in total. The van der Waals surface area contributed by atoms with Crippen LogP contribution in [0.3, 0.4) is 0 Å². The van der Waals surface area contributed by atoms with Gasteiger partial charge < -0.3 is 14.0 Å². The van der Waals surface area contributed by atoms with Crippen molar-refractivity contribution in [3.63, 3.8) is 0 Å². The molecule has 1 fully saturated rings. The van der Waals surface area contributed by atoms with Crippen LogP contribution in [0.2, 0.25) is 0 Å². The van der Waals surface area contributed by atoms with Crippen LogP contribution in [-0.2, 0) is 13.6 Å². The second kappa shape index (κ2) is 7.36. The summed E-state index contributed by atoms with van der Waals surface area (Å²) >= 11 is 0. The second-order valence-corrected chi connectivity index (χ2v) is 6.95. The van der Waals surface area contributed by atoms with Gasteiger partial charge in [0, 0.05) is 45.0 Å². The first-order valence-electron chi connectivity index (χ1n) is 9.13. The number of amides is 1. The zero-order valence-corrected chi connectivity index (χ0v) is 15.6. The van der Waals surface area contributed by atoms with Crippen LogP contribution >= 0.6 is 0 Å². The Bertz CT molecular complexity index is 920. The average Bonchev–Trinajstić information content (AvgIpc) is 3.31. The first-order chi connectivity index (χ1) is 13.1. The van der Waals surface area contributed by atoms with E-state index in [-0.39, 0.29) is 5.91 Å². The molecule has 0 aliphatic carbocycles. The second-order valence-electron chi connectivity index (χ2n) is 6.95. The Kier molecular flexibility index (Phi) is 4.77. The molecule has 3 heterocycles. The van der Waals surface area contributed by atoms with Crippen LogP contribution in [0.1, 0.15) is 21.9 Å². The molecule has 0 spiro atoms. The standard InChI is InChI=1S/C20H23N5O2/c1-15-5-7-16(8-6-15)19-21-18(27-22-19)14-24-10-12-25(13-11-24)20(26)17-4-3-9-23(17)2/h3-9H,10-14H2,1-2H3. The third-order valence-corrected chi connectivity index (χ3v) is 4.96. The van der Waals surface area contributed by atoms with Crippen LogP contribution in [0.15, 0.2) is 47.1 Å². The zero-order valence-electron chi connectivity index (χ0n) is 15.6. The van der Waals surface area contributed by atoms with Crippen molar-refractivity contribution < 1.29 is 9.32 Å². The summed E-state index contributed by atoms with van der Waals surface area (Å²) in [6.45, 7) is 5.63. The number of aryl methyl sites for hydroxylation is 2. The van der Waals surface area contributed by atoms with Crippen LogP contribution in [0.4, 0.5) is 0 Å². The summed E-state index contributed by atoms with van der Waals surface area (Å²) in [6.07, 6.45) is 1.89. The van der Waals surface area contributed by atoms with Gasteiger partial charge >= 0.3 is 0 Å². The highest BCUT2D eigenvalue weighted by Gasteiger charge is 2.24. The van der Waals surface area contributed by atoms with Gasteiger partial charge in [-0.2, -0.15) is 4.98 Å². The van der Waals surface area contributed by atoms with Crippen molar-refractivity contribution in [3.8, 4) is 11.4 Å². The maximum Gasteiger partial charge on any atom is 0.270 e. The van der Waals surface area contributed by atoms with E-state index < -0.39 is 0 Å². The molecular weight excluding hydrogens is 342 g/mol. The molecule has 1 saturated heterocycles. The summed E-state index contributed by atoms with van der Waals surface area (Å²) in [7, 11) is 1.89. The molecule has 2 aromatic heterocycles. The Morgan fingerprint density at radius 3 is 2.52 bits per heavy atom. The third kappa shape index (κ3) is 3.78. The van der Waals surface area contributed by atoms with Gasteiger partial charge in [-0.3, -0.25) is 9.69 Å². The fraction of sp³-hybridized carbons (Fsp3) is 0.350. The van der Waals surface area contributed by atoms with E-state index in [1.165, 1.54) is 5.56 Å². The van der Waals surface area contributed by atoms with Crippen molar-refractivity contribution in [1.82, 2.24) is 24.5 Å². The molecule has 0 unspecified atom stereocenters. The quantitative estimate of drug-likeness (QED) is 0.710. The number of aromatic nitrogens is 3. The first-order valence-corrected chi connectivity index (χ1v) is 9.13. The number of carbonyl (C=O) groups is 1. The monoisotopic (exact) mass is 365 g/mol. The lowest BCUT2D eigenvalue weighted by molar-refractivity contribution is 0.0606. The summed E-state index contributed by atoms with van der Waals surface area (Å²) in [5.74, 6) is 1.30. The van der Waals surface area contributed by atoms with E-state index in [1.807, 2.05) is 66.0 Å². The van der Waals surface area contributed by atoms with E-state index >= 15 is 0 Å². The number of rotatable bonds is 4. The molecule has 0 atom stereocenters. The molecule has 0 bridgehead atoms. The normalized spacial score (nSPS) is 15.3. The number of hydrogen-bond acceptors (Lipinski definition) is 5. The third-order valence-electron chi connectivity index (χ3n) is 4.96. The maximum atomic E-state index is 12.6. The van der Waals surface area contributed by atoms with Crippen LogP contribution in [0.5, 0.6) is 0 Å². The first kappa shape index (κ1) is 17.5. The van der Waals surface area contributed by atoms with E-state index in [2.05, 4.69) is 15.0 Å². The van der Waals surface area contributed by atoms with E-state index in [1.54, 1.807) is 0 Å². The number of carbonyl (C=O) groups excluding carboxylic acids is 1. The summed E-state index contributed by atoms with van der Waals surface area (Å²) in [5, 5.41) is 4.09. The number of benzene rings is 1. The van der Waals surface area contributed by atoms with E-state index in [4.69, 9.17) is 4.52 Å². The number of nitrogens with zero attached hydrogens (tertiary/aromatic N) is 5. The summed E-state index contributed by atoms with van der Waals surface area (Å²) in [6, 6.07) is 11.8. The van der Waals surface area contributed by atoms with Crippen molar-refractivity contribution >= 4 is 5.91 Å². The molecule has 1 aliphatic heterocycles. The molecule has 3 aromatic rings. The SMILES string of the molecule is Cc1ccc(-c2noc(CN3CCN(C(=O)c4cccn4C)CC3)n2)cc1. The lowest BCUT2D eigenvalue weighted by atomic mass is 10.1. The van der Waals surface area contributed by atoms with Crippen molar-refractivity contribution in [2.75, 3.05) is 26.2 Å².